The lowest BCUT2D eigenvalue weighted by atomic mass is 10.2. The number of benzene rings is 1. The van der Waals surface area contributed by atoms with E-state index in [1.165, 1.54) is 4.80 Å². The van der Waals surface area contributed by atoms with Gasteiger partial charge < -0.3 is 17.2 Å². The Hall–Kier alpha value is -2.54. The molecule has 0 unspecified atom stereocenters. The molecule has 20 heavy (non-hydrogen) atoms. The third kappa shape index (κ3) is 2.19. The van der Waals surface area contributed by atoms with Crippen molar-refractivity contribution in [3.63, 3.8) is 0 Å². The van der Waals surface area contributed by atoms with Crippen LogP contribution in [0, 0.1) is 0 Å². The van der Waals surface area contributed by atoms with Crippen molar-refractivity contribution in [1.82, 2.24) is 20.0 Å². The van der Waals surface area contributed by atoms with Crippen LogP contribution in [-0.4, -0.2) is 20.0 Å². The first kappa shape index (κ1) is 12.5. The van der Waals surface area contributed by atoms with Gasteiger partial charge in [-0.3, -0.25) is 0 Å². The van der Waals surface area contributed by atoms with Gasteiger partial charge in [0.2, 0.25) is 0 Å². The summed E-state index contributed by atoms with van der Waals surface area (Å²) in [6.45, 7) is 0.356. The van der Waals surface area contributed by atoms with Crippen molar-refractivity contribution in [2.24, 2.45) is 0 Å². The third-order valence-corrected chi connectivity index (χ3v) is 3.12. The Kier molecular flexibility index (Phi) is 2.83. The molecule has 3 rings (SSSR count). The zero-order chi connectivity index (χ0) is 14.3. The second-order valence-corrected chi connectivity index (χ2v) is 4.81. The highest BCUT2D eigenvalue weighted by Crippen LogP contribution is 2.22. The van der Waals surface area contributed by atoms with Crippen molar-refractivity contribution < 1.29 is 0 Å². The van der Waals surface area contributed by atoms with Crippen LogP contribution in [0.2, 0.25) is 5.02 Å². The average molecular weight is 290 g/mol. The first-order valence-corrected chi connectivity index (χ1v) is 6.21. The number of fused-ring (bicyclic) bond motifs is 1. The Labute approximate surface area is 119 Å². The molecule has 0 radical (unpaired) electrons. The Morgan fingerprint density at radius 1 is 1.05 bits per heavy atom. The highest BCUT2D eigenvalue weighted by atomic mass is 35.5. The van der Waals surface area contributed by atoms with Gasteiger partial charge in [0, 0.05) is 10.6 Å². The molecule has 0 fully saturated rings. The molecule has 8 heteroatoms. The summed E-state index contributed by atoms with van der Waals surface area (Å²) < 4.78 is 0. The van der Waals surface area contributed by atoms with E-state index >= 15 is 0 Å². The molecule has 0 saturated carbocycles. The maximum Gasteiger partial charge on any atom is 0.149 e. The van der Waals surface area contributed by atoms with Crippen molar-refractivity contribution in [2.45, 2.75) is 6.54 Å². The first-order valence-electron chi connectivity index (χ1n) is 5.83. The molecule has 0 spiro atoms. The SMILES string of the molecule is Nc1cc(Cn2nc3ccc(Cl)cc3n2)c(N)c(N)n1. The van der Waals surface area contributed by atoms with E-state index in [9.17, 15) is 0 Å². The van der Waals surface area contributed by atoms with E-state index in [-0.39, 0.29) is 5.82 Å². The lowest BCUT2D eigenvalue weighted by Crippen LogP contribution is -2.10. The molecule has 102 valence electrons. The fraction of sp³-hybridized carbons (Fsp3) is 0.0833. The first-order chi connectivity index (χ1) is 9.52. The highest BCUT2D eigenvalue weighted by Gasteiger charge is 2.09. The van der Waals surface area contributed by atoms with Crippen LogP contribution in [-0.2, 0) is 6.54 Å². The van der Waals surface area contributed by atoms with Crippen LogP contribution in [0.4, 0.5) is 17.3 Å². The number of halogens is 1. The molecule has 0 amide bonds. The van der Waals surface area contributed by atoms with Gasteiger partial charge in [0.1, 0.15) is 22.7 Å². The Morgan fingerprint density at radius 2 is 1.80 bits per heavy atom. The summed E-state index contributed by atoms with van der Waals surface area (Å²) in [6, 6.07) is 6.98. The maximum absolute atomic E-state index is 5.92. The summed E-state index contributed by atoms with van der Waals surface area (Å²) in [7, 11) is 0. The summed E-state index contributed by atoms with van der Waals surface area (Å²) in [5, 5.41) is 9.28. The molecule has 1 aromatic carbocycles. The Bertz CT molecular complexity index is 796. The molecule has 0 atom stereocenters. The number of pyridine rings is 1. The predicted octanol–water partition coefficient (Wildman–Crippen LogP) is 1.27. The smallest absolute Gasteiger partial charge is 0.149 e. The van der Waals surface area contributed by atoms with E-state index in [4.69, 9.17) is 28.8 Å². The van der Waals surface area contributed by atoms with Gasteiger partial charge in [-0.1, -0.05) is 11.6 Å². The van der Waals surface area contributed by atoms with Gasteiger partial charge in [0.25, 0.3) is 0 Å². The van der Waals surface area contributed by atoms with Gasteiger partial charge in [-0.15, -0.1) is 0 Å². The van der Waals surface area contributed by atoms with Crippen molar-refractivity contribution in [3.8, 4) is 0 Å². The summed E-state index contributed by atoms with van der Waals surface area (Å²) >= 11 is 5.92. The van der Waals surface area contributed by atoms with Crippen molar-refractivity contribution in [1.29, 1.82) is 0 Å². The molecule has 7 nitrogen and oxygen atoms in total. The molecule has 0 aliphatic rings. The summed E-state index contributed by atoms with van der Waals surface area (Å²) in [5.41, 5.74) is 19.8. The minimum Gasteiger partial charge on any atom is -0.395 e. The summed E-state index contributed by atoms with van der Waals surface area (Å²) in [4.78, 5) is 5.41. The fourth-order valence-corrected chi connectivity index (χ4v) is 2.10. The van der Waals surface area contributed by atoms with Gasteiger partial charge >= 0.3 is 0 Å². The number of anilines is 3. The molecule has 2 aromatic heterocycles. The molecular formula is C12H12ClN7. The number of nitrogens with zero attached hydrogens (tertiary/aromatic N) is 4. The van der Waals surface area contributed by atoms with Gasteiger partial charge in [-0.25, -0.2) is 4.98 Å². The summed E-state index contributed by atoms with van der Waals surface area (Å²) in [5.74, 6) is 0.520. The molecular weight excluding hydrogens is 278 g/mol. The van der Waals surface area contributed by atoms with Gasteiger partial charge in [0.15, 0.2) is 0 Å². The van der Waals surface area contributed by atoms with Crippen LogP contribution >= 0.6 is 11.6 Å². The van der Waals surface area contributed by atoms with Crippen molar-refractivity contribution in [2.75, 3.05) is 17.2 Å². The second-order valence-electron chi connectivity index (χ2n) is 4.37. The van der Waals surface area contributed by atoms with Crippen LogP contribution in [0.15, 0.2) is 24.3 Å². The lowest BCUT2D eigenvalue weighted by Gasteiger charge is -2.08. The normalized spacial score (nSPS) is 11.1. The van der Waals surface area contributed by atoms with Gasteiger partial charge in [-0.2, -0.15) is 15.0 Å². The topological polar surface area (TPSA) is 122 Å². The fourth-order valence-electron chi connectivity index (χ4n) is 1.94. The Morgan fingerprint density at radius 3 is 2.60 bits per heavy atom. The number of nitrogens with two attached hydrogens (primary N) is 3. The minimum atomic E-state index is 0.208. The molecule has 0 saturated heterocycles. The van der Waals surface area contributed by atoms with Crippen LogP contribution < -0.4 is 17.2 Å². The summed E-state index contributed by atoms with van der Waals surface area (Å²) in [6.07, 6.45) is 0. The predicted molar refractivity (Wildman–Crippen MR) is 79.1 cm³/mol. The van der Waals surface area contributed by atoms with E-state index in [2.05, 4.69) is 15.2 Å². The molecule has 6 N–H and O–H groups in total. The molecule has 2 heterocycles. The van der Waals surface area contributed by atoms with Crippen molar-refractivity contribution in [3.05, 3.63) is 34.9 Å². The maximum atomic E-state index is 5.92. The number of hydrogen-bond acceptors (Lipinski definition) is 6. The van der Waals surface area contributed by atoms with Crippen molar-refractivity contribution >= 4 is 40.0 Å². The largest absolute Gasteiger partial charge is 0.395 e. The van der Waals surface area contributed by atoms with E-state index in [1.807, 2.05) is 0 Å². The van der Waals surface area contributed by atoms with Crippen LogP contribution in [0.3, 0.4) is 0 Å². The molecule has 0 aliphatic carbocycles. The van der Waals surface area contributed by atoms with Crippen LogP contribution in [0.25, 0.3) is 11.0 Å². The monoisotopic (exact) mass is 289 g/mol. The number of aromatic nitrogens is 4. The van der Waals surface area contributed by atoms with Gasteiger partial charge in [0.05, 0.1) is 12.2 Å². The zero-order valence-electron chi connectivity index (χ0n) is 10.4. The number of hydrogen-bond donors (Lipinski definition) is 3. The van der Waals surface area contributed by atoms with Gasteiger partial charge in [-0.05, 0) is 24.3 Å². The number of rotatable bonds is 2. The minimum absolute atomic E-state index is 0.208. The standard InChI is InChI=1S/C12H12ClN7/c13-7-1-2-8-9(4-7)19-20(18-8)5-6-3-10(14)17-12(16)11(6)15/h1-4H,5,15H2,(H4,14,16,17). The lowest BCUT2D eigenvalue weighted by molar-refractivity contribution is 0.601. The van der Waals surface area contributed by atoms with E-state index in [0.717, 1.165) is 11.1 Å². The highest BCUT2D eigenvalue weighted by molar-refractivity contribution is 6.31. The third-order valence-electron chi connectivity index (χ3n) is 2.89. The van der Waals surface area contributed by atoms with Crippen LogP contribution in [0.5, 0.6) is 0 Å². The average Bonchev–Trinajstić information content (AvgIpc) is 2.76. The molecule has 0 aliphatic heterocycles. The quantitative estimate of drug-likeness (QED) is 0.653. The Balaban J connectivity index is 2.01. The molecule has 3 aromatic rings. The van der Waals surface area contributed by atoms with E-state index < -0.39 is 0 Å². The second kappa shape index (κ2) is 4.53. The zero-order valence-corrected chi connectivity index (χ0v) is 11.2. The van der Waals surface area contributed by atoms with Crippen LogP contribution in [0.1, 0.15) is 5.56 Å². The number of nitrogen functional groups attached to an aromatic ring is 3. The van der Waals surface area contributed by atoms with E-state index in [0.29, 0.717) is 28.6 Å². The van der Waals surface area contributed by atoms with E-state index in [1.54, 1.807) is 24.3 Å². The molecule has 0 bridgehead atoms.